The summed E-state index contributed by atoms with van der Waals surface area (Å²) in [4.78, 5) is 31.2. The number of aromatic amines is 1. The van der Waals surface area contributed by atoms with Crippen molar-refractivity contribution in [2.75, 3.05) is 19.8 Å². The number of H-pyrrole nitrogens is 1. The fourth-order valence-electron chi connectivity index (χ4n) is 6.00. The summed E-state index contributed by atoms with van der Waals surface area (Å²) in [6.45, 7) is 3.88. The first kappa shape index (κ1) is 20.3. The third-order valence-corrected chi connectivity index (χ3v) is 7.73. The number of rotatable bonds is 2. The van der Waals surface area contributed by atoms with E-state index in [0.29, 0.717) is 25.3 Å². The number of aromatic nitrogens is 1. The summed E-state index contributed by atoms with van der Waals surface area (Å²) < 4.78 is 11.7. The molecule has 2 aromatic carbocycles. The standard InChI is InChI=1S/C27H28N2O4/c1-17-20-14-23-24(33-11-10-32-23)15-21(20)27(8-4-5-9-27)16-29(17)25(30)13-19-12-18-6-2-3-7-22(18)28-26(19)31/h2-3,6-7,12,14-15,17H,4-5,8-11,13,16H2,1H3,(H,28,31). The Bertz CT molecular complexity index is 1310. The van der Waals surface area contributed by atoms with Crippen LogP contribution < -0.4 is 15.0 Å². The van der Waals surface area contributed by atoms with Crippen LogP contribution in [0.15, 0.2) is 47.3 Å². The lowest BCUT2D eigenvalue weighted by molar-refractivity contribution is -0.134. The van der Waals surface area contributed by atoms with Crippen molar-refractivity contribution < 1.29 is 14.3 Å². The van der Waals surface area contributed by atoms with E-state index in [1.165, 1.54) is 5.56 Å². The van der Waals surface area contributed by atoms with Gasteiger partial charge >= 0.3 is 0 Å². The molecule has 3 aromatic rings. The Balaban J connectivity index is 1.37. The molecule has 1 aliphatic carbocycles. The van der Waals surface area contributed by atoms with E-state index in [1.54, 1.807) is 0 Å². The van der Waals surface area contributed by atoms with E-state index in [2.05, 4.69) is 24.0 Å². The van der Waals surface area contributed by atoms with Gasteiger partial charge in [-0.15, -0.1) is 0 Å². The van der Waals surface area contributed by atoms with Gasteiger partial charge in [-0.1, -0.05) is 31.0 Å². The summed E-state index contributed by atoms with van der Waals surface area (Å²) in [6.07, 6.45) is 4.54. The molecule has 1 spiro atoms. The second-order valence-electron chi connectivity index (χ2n) is 9.66. The maximum absolute atomic E-state index is 13.6. The third kappa shape index (κ3) is 3.31. The highest BCUT2D eigenvalue weighted by Gasteiger charge is 2.46. The molecule has 0 bridgehead atoms. The fourth-order valence-corrected chi connectivity index (χ4v) is 6.00. The Kier molecular flexibility index (Phi) is 4.71. The normalized spacial score (nSPS) is 20.8. The number of carbonyl (C=O) groups excluding carboxylic acids is 1. The number of fused-ring (bicyclic) bond motifs is 4. The smallest absolute Gasteiger partial charge is 0.252 e. The maximum atomic E-state index is 13.6. The van der Waals surface area contributed by atoms with Crippen molar-refractivity contribution in [3.8, 4) is 11.5 Å². The monoisotopic (exact) mass is 444 g/mol. The summed E-state index contributed by atoms with van der Waals surface area (Å²) in [6, 6.07) is 13.7. The van der Waals surface area contributed by atoms with Crippen molar-refractivity contribution in [2.24, 2.45) is 0 Å². The average molecular weight is 445 g/mol. The van der Waals surface area contributed by atoms with Gasteiger partial charge in [0.2, 0.25) is 5.91 Å². The van der Waals surface area contributed by atoms with Crippen molar-refractivity contribution in [2.45, 2.75) is 50.5 Å². The summed E-state index contributed by atoms with van der Waals surface area (Å²) in [5.74, 6) is 1.58. The first-order chi connectivity index (χ1) is 16.0. The lowest BCUT2D eigenvalue weighted by Gasteiger charge is -2.46. The molecule has 33 heavy (non-hydrogen) atoms. The van der Waals surface area contributed by atoms with Crippen molar-refractivity contribution in [3.63, 3.8) is 0 Å². The van der Waals surface area contributed by atoms with E-state index in [9.17, 15) is 9.59 Å². The highest BCUT2D eigenvalue weighted by atomic mass is 16.6. The van der Waals surface area contributed by atoms with Crippen LogP contribution in [0.1, 0.15) is 55.3 Å². The van der Waals surface area contributed by atoms with Gasteiger partial charge in [-0.25, -0.2) is 0 Å². The molecule has 170 valence electrons. The Hall–Kier alpha value is -3.28. The molecule has 2 aliphatic heterocycles. The van der Waals surface area contributed by atoms with E-state index in [0.717, 1.165) is 53.6 Å². The molecule has 1 unspecified atom stereocenters. The van der Waals surface area contributed by atoms with Gasteiger partial charge in [0.25, 0.3) is 5.56 Å². The molecule has 1 aromatic heterocycles. The van der Waals surface area contributed by atoms with Crippen LogP contribution in [0.25, 0.3) is 10.9 Å². The van der Waals surface area contributed by atoms with Gasteiger partial charge in [-0.3, -0.25) is 9.59 Å². The van der Waals surface area contributed by atoms with E-state index in [1.807, 2.05) is 35.2 Å². The molecule has 0 saturated heterocycles. The van der Waals surface area contributed by atoms with Crippen LogP contribution in [-0.4, -0.2) is 35.5 Å². The van der Waals surface area contributed by atoms with Crippen molar-refractivity contribution in [1.82, 2.24) is 9.88 Å². The molecule has 1 saturated carbocycles. The van der Waals surface area contributed by atoms with Crippen LogP contribution in [-0.2, 0) is 16.6 Å². The Morgan fingerprint density at radius 3 is 2.61 bits per heavy atom. The van der Waals surface area contributed by atoms with Gasteiger partial charge in [-0.2, -0.15) is 0 Å². The summed E-state index contributed by atoms with van der Waals surface area (Å²) in [5, 5.41) is 0.938. The number of hydrogen-bond donors (Lipinski definition) is 1. The number of hydrogen-bond acceptors (Lipinski definition) is 4. The average Bonchev–Trinajstić information content (AvgIpc) is 3.30. The molecule has 6 rings (SSSR count). The van der Waals surface area contributed by atoms with Crippen LogP contribution in [0.3, 0.4) is 0 Å². The van der Waals surface area contributed by atoms with Gasteiger partial charge in [0.15, 0.2) is 11.5 Å². The lowest BCUT2D eigenvalue weighted by Crippen LogP contribution is -2.49. The van der Waals surface area contributed by atoms with Crippen LogP contribution in [0.2, 0.25) is 0 Å². The molecule has 6 heteroatoms. The molecular formula is C27H28N2O4. The first-order valence-electron chi connectivity index (χ1n) is 11.9. The highest BCUT2D eigenvalue weighted by molar-refractivity contribution is 5.83. The topological polar surface area (TPSA) is 71.6 Å². The largest absolute Gasteiger partial charge is 0.486 e. The number of nitrogens with zero attached hydrogens (tertiary/aromatic N) is 1. The summed E-state index contributed by atoms with van der Waals surface area (Å²) in [5.41, 5.74) is 3.51. The quantitative estimate of drug-likeness (QED) is 0.641. The van der Waals surface area contributed by atoms with Gasteiger partial charge in [0.1, 0.15) is 13.2 Å². The van der Waals surface area contributed by atoms with Crippen molar-refractivity contribution in [1.29, 1.82) is 0 Å². The Labute approximate surface area is 192 Å². The number of para-hydroxylation sites is 1. The van der Waals surface area contributed by atoms with Crippen LogP contribution in [0, 0.1) is 0 Å². The minimum absolute atomic E-state index is 0.00454. The zero-order valence-corrected chi connectivity index (χ0v) is 18.9. The Morgan fingerprint density at radius 1 is 1.09 bits per heavy atom. The van der Waals surface area contributed by atoms with Gasteiger partial charge in [-0.05, 0) is 60.5 Å². The SMILES string of the molecule is CC1c2cc3c(cc2C2(CCCC2)CN1C(=O)Cc1cc2ccccc2[nH]c1=O)OCCO3. The molecule has 1 N–H and O–H groups in total. The molecule has 0 radical (unpaired) electrons. The number of carbonyl (C=O) groups is 1. The molecule has 6 nitrogen and oxygen atoms in total. The van der Waals surface area contributed by atoms with E-state index < -0.39 is 0 Å². The molecular weight excluding hydrogens is 416 g/mol. The van der Waals surface area contributed by atoms with Gasteiger partial charge < -0.3 is 19.4 Å². The van der Waals surface area contributed by atoms with Gasteiger partial charge in [0, 0.05) is 23.0 Å². The van der Waals surface area contributed by atoms with Crippen LogP contribution in [0.4, 0.5) is 0 Å². The minimum atomic E-state index is -0.192. The maximum Gasteiger partial charge on any atom is 0.252 e. The van der Waals surface area contributed by atoms with Crippen molar-refractivity contribution in [3.05, 3.63) is 69.5 Å². The summed E-state index contributed by atoms with van der Waals surface area (Å²) in [7, 11) is 0. The Morgan fingerprint density at radius 2 is 1.82 bits per heavy atom. The molecule has 1 fully saturated rings. The second kappa shape index (κ2) is 7.65. The van der Waals surface area contributed by atoms with Crippen LogP contribution in [0.5, 0.6) is 11.5 Å². The van der Waals surface area contributed by atoms with Crippen molar-refractivity contribution >= 4 is 16.8 Å². The zero-order valence-electron chi connectivity index (χ0n) is 18.9. The second-order valence-corrected chi connectivity index (χ2v) is 9.66. The first-order valence-corrected chi connectivity index (χ1v) is 11.9. The third-order valence-electron chi connectivity index (χ3n) is 7.73. The predicted molar refractivity (Wildman–Crippen MR) is 126 cm³/mol. The van der Waals surface area contributed by atoms with E-state index in [4.69, 9.17) is 9.47 Å². The van der Waals surface area contributed by atoms with Gasteiger partial charge in [0.05, 0.1) is 12.5 Å². The van der Waals surface area contributed by atoms with Crippen LogP contribution >= 0.6 is 0 Å². The lowest BCUT2D eigenvalue weighted by atomic mass is 9.71. The number of benzene rings is 2. The molecule has 1 atom stereocenters. The molecule has 3 heterocycles. The number of nitrogens with one attached hydrogen (secondary N) is 1. The number of pyridine rings is 1. The van der Waals surface area contributed by atoms with E-state index >= 15 is 0 Å². The number of amides is 1. The number of ether oxygens (including phenoxy) is 2. The predicted octanol–water partition coefficient (Wildman–Crippen LogP) is 4.26. The van der Waals surface area contributed by atoms with E-state index in [-0.39, 0.29) is 29.3 Å². The highest BCUT2D eigenvalue weighted by Crippen LogP contribution is 2.52. The minimum Gasteiger partial charge on any atom is -0.486 e. The molecule has 1 amide bonds. The fraction of sp³-hybridized carbons (Fsp3) is 0.407. The molecule has 3 aliphatic rings. The summed E-state index contributed by atoms with van der Waals surface area (Å²) >= 11 is 0. The zero-order chi connectivity index (χ0) is 22.6.